The van der Waals surface area contributed by atoms with Gasteiger partial charge in [0.05, 0.1) is 23.5 Å². The second-order valence-electron chi connectivity index (χ2n) is 4.91. The molecule has 25 heavy (non-hydrogen) atoms. The van der Waals surface area contributed by atoms with E-state index in [0.717, 1.165) is 0 Å². The first-order chi connectivity index (χ1) is 11.8. The van der Waals surface area contributed by atoms with Crippen LogP contribution in [0.4, 0.5) is 8.78 Å². The highest BCUT2D eigenvalue weighted by Gasteiger charge is 2.42. The predicted molar refractivity (Wildman–Crippen MR) is 91.9 cm³/mol. The minimum absolute atomic E-state index is 0.161. The lowest BCUT2D eigenvalue weighted by atomic mass is 10.0. The Labute approximate surface area is 153 Å². The summed E-state index contributed by atoms with van der Waals surface area (Å²) in [6.07, 6.45) is 1.31. The third-order valence-electron chi connectivity index (χ3n) is 3.42. The number of alkyl halides is 2. The molecule has 0 spiro atoms. The van der Waals surface area contributed by atoms with Gasteiger partial charge in [-0.05, 0) is 39.8 Å². The normalized spacial score (nSPS) is 11.4. The van der Waals surface area contributed by atoms with E-state index >= 15 is 0 Å². The van der Waals surface area contributed by atoms with Crippen molar-refractivity contribution in [3.63, 3.8) is 0 Å². The number of nitrogens with zero attached hydrogens (tertiary/aromatic N) is 3. The molecular formula is C16H8BrF2N3O2S. The van der Waals surface area contributed by atoms with E-state index < -0.39 is 11.2 Å². The van der Waals surface area contributed by atoms with Crippen LogP contribution >= 0.6 is 27.7 Å². The van der Waals surface area contributed by atoms with Crippen molar-refractivity contribution in [3.05, 3.63) is 52.8 Å². The molecule has 126 valence electrons. The number of carbonyl (C=O) groups is 1. The van der Waals surface area contributed by atoms with Gasteiger partial charge in [-0.15, -0.1) is 0 Å². The van der Waals surface area contributed by atoms with E-state index in [1.807, 2.05) is 0 Å². The Hall–Kier alpha value is -2.44. The molecule has 0 bridgehead atoms. The summed E-state index contributed by atoms with van der Waals surface area (Å²) in [6.45, 7) is 0. The molecule has 0 saturated carbocycles. The molecule has 1 aromatic heterocycles. The predicted octanol–water partition coefficient (Wildman–Crippen LogP) is 4.43. The van der Waals surface area contributed by atoms with E-state index in [0.29, 0.717) is 26.6 Å². The monoisotopic (exact) mass is 423 g/mol. The quantitative estimate of drug-likeness (QED) is 0.627. The Balaban J connectivity index is 2.22. The minimum atomic E-state index is -4.02. The summed E-state index contributed by atoms with van der Waals surface area (Å²) < 4.78 is 29.0. The minimum Gasteiger partial charge on any atom is -0.476 e. The van der Waals surface area contributed by atoms with Gasteiger partial charge in [-0.25, -0.2) is 9.78 Å². The van der Waals surface area contributed by atoms with Crippen molar-refractivity contribution >= 4 is 44.4 Å². The maximum atomic E-state index is 13.6. The molecule has 2 aromatic carbocycles. The summed E-state index contributed by atoms with van der Waals surface area (Å²) in [5, 5.41) is 15.0. The largest absolute Gasteiger partial charge is 0.476 e. The molecule has 0 amide bonds. The highest BCUT2D eigenvalue weighted by molar-refractivity contribution is 9.10. The number of hydrogen-bond acceptors (Lipinski definition) is 4. The smallest absolute Gasteiger partial charge is 0.395 e. The molecule has 0 aliphatic heterocycles. The molecule has 0 aliphatic carbocycles. The molecule has 0 aliphatic rings. The SMILES string of the molecule is N#Cc1ccc(-n2c(Br)cnc2SC(F)(F)C(=O)O)c2ccccc12. The average molecular weight is 424 g/mol. The lowest BCUT2D eigenvalue weighted by Crippen LogP contribution is -2.24. The molecule has 1 heterocycles. The van der Waals surface area contributed by atoms with Crippen LogP contribution in [-0.2, 0) is 4.79 Å². The van der Waals surface area contributed by atoms with Gasteiger partial charge in [0.15, 0.2) is 5.16 Å². The number of aromatic nitrogens is 2. The highest BCUT2D eigenvalue weighted by Crippen LogP contribution is 2.39. The zero-order valence-corrected chi connectivity index (χ0v) is 14.7. The summed E-state index contributed by atoms with van der Waals surface area (Å²) >= 11 is 3.09. The van der Waals surface area contributed by atoms with Gasteiger partial charge in [0.25, 0.3) is 0 Å². The van der Waals surface area contributed by atoms with Crippen molar-refractivity contribution < 1.29 is 18.7 Å². The lowest BCUT2D eigenvalue weighted by molar-refractivity contribution is -0.152. The van der Waals surface area contributed by atoms with Crippen molar-refractivity contribution in [3.8, 4) is 11.8 Å². The van der Waals surface area contributed by atoms with Crippen LogP contribution in [0, 0.1) is 11.3 Å². The van der Waals surface area contributed by atoms with Crippen molar-refractivity contribution in [1.82, 2.24) is 9.55 Å². The number of rotatable bonds is 4. The first-order valence-electron chi connectivity index (χ1n) is 6.81. The molecule has 1 N–H and O–H groups in total. The fourth-order valence-electron chi connectivity index (χ4n) is 2.34. The Morgan fingerprint density at radius 2 is 1.96 bits per heavy atom. The van der Waals surface area contributed by atoms with Gasteiger partial charge < -0.3 is 5.11 Å². The third kappa shape index (κ3) is 3.10. The lowest BCUT2D eigenvalue weighted by Gasteiger charge is -2.15. The second kappa shape index (κ2) is 6.46. The fourth-order valence-corrected chi connectivity index (χ4v) is 3.63. The van der Waals surface area contributed by atoms with Gasteiger partial charge in [-0.3, -0.25) is 4.57 Å². The van der Waals surface area contributed by atoms with Crippen LogP contribution in [0.5, 0.6) is 0 Å². The van der Waals surface area contributed by atoms with Gasteiger partial charge in [0.2, 0.25) is 0 Å². The van der Waals surface area contributed by atoms with Crippen LogP contribution in [-0.4, -0.2) is 25.9 Å². The van der Waals surface area contributed by atoms with E-state index in [2.05, 4.69) is 27.0 Å². The zero-order valence-electron chi connectivity index (χ0n) is 12.3. The molecule has 3 aromatic rings. The number of hydrogen-bond donors (Lipinski definition) is 1. The van der Waals surface area contributed by atoms with Crippen LogP contribution < -0.4 is 0 Å². The summed E-state index contributed by atoms with van der Waals surface area (Å²) in [5.41, 5.74) is 0.948. The molecule has 0 radical (unpaired) electrons. The van der Waals surface area contributed by atoms with Gasteiger partial charge in [0.1, 0.15) is 4.60 Å². The Kier molecular flexibility index (Phi) is 4.49. The van der Waals surface area contributed by atoms with E-state index in [1.165, 1.54) is 10.8 Å². The van der Waals surface area contributed by atoms with E-state index in [4.69, 9.17) is 5.11 Å². The molecule has 0 fully saturated rings. The van der Waals surface area contributed by atoms with Crippen LogP contribution in [0.2, 0.25) is 0 Å². The Morgan fingerprint density at radius 1 is 1.28 bits per heavy atom. The molecule has 9 heteroatoms. The molecule has 5 nitrogen and oxygen atoms in total. The number of aliphatic carboxylic acids is 1. The Bertz CT molecular complexity index is 1030. The van der Waals surface area contributed by atoms with Crippen molar-refractivity contribution in [1.29, 1.82) is 5.26 Å². The number of benzene rings is 2. The van der Waals surface area contributed by atoms with Crippen molar-refractivity contribution in [2.45, 2.75) is 10.4 Å². The van der Waals surface area contributed by atoms with E-state index in [9.17, 15) is 18.8 Å². The van der Waals surface area contributed by atoms with Crippen LogP contribution in [0.3, 0.4) is 0 Å². The summed E-state index contributed by atoms with van der Waals surface area (Å²) in [5.74, 6) is -2.24. The van der Waals surface area contributed by atoms with Gasteiger partial charge in [-0.2, -0.15) is 14.0 Å². The van der Waals surface area contributed by atoms with Gasteiger partial charge in [0, 0.05) is 10.8 Å². The molecule has 0 unspecified atom stereocenters. The van der Waals surface area contributed by atoms with Crippen LogP contribution in [0.1, 0.15) is 5.56 Å². The number of thioether (sulfide) groups is 1. The second-order valence-corrected chi connectivity index (χ2v) is 6.81. The molecule has 0 atom stereocenters. The van der Waals surface area contributed by atoms with Crippen LogP contribution in [0.25, 0.3) is 16.5 Å². The summed E-state index contributed by atoms with van der Waals surface area (Å²) in [6, 6.07) is 12.3. The van der Waals surface area contributed by atoms with Gasteiger partial charge >= 0.3 is 11.2 Å². The van der Waals surface area contributed by atoms with E-state index in [-0.39, 0.29) is 16.9 Å². The number of imidazole rings is 1. The highest BCUT2D eigenvalue weighted by atomic mass is 79.9. The third-order valence-corrected chi connectivity index (χ3v) is 4.88. The number of fused-ring (bicyclic) bond motifs is 1. The Morgan fingerprint density at radius 3 is 2.60 bits per heavy atom. The zero-order chi connectivity index (χ0) is 18.2. The maximum absolute atomic E-state index is 13.6. The number of carboxylic acid groups (broad SMARTS) is 1. The fraction of sp³-hybridized carbons (Fsp3) is 0.0625. The molecule has 0 saturated heterocycles. The molecular weight excluding hydrogens is 416 g/mol. The summed E-state index contributed by atoms with van der Waals surface area (Å²) in [4.78, 5) is 14.6. The molecule has 3 rings (SSSR count). The number of nitriles is 1. The first kappa shape index (κ1) is 17.4. The number of halogens is 3. The maximum Gasteiger partial charge on any atom is 0.395 e. The average Bonchev–Trinajstić information content (AvgIpc) is 2.93. The topological polar surface area (TPSA) is 78.9 Å². The van der Waals surface area contributed by atoms with Crippen LogP contribution in [0.15, 0.2) is 52.4 Å². The van der Waals surface area contributed by atoms with Crippen molar-refractivity contribution in [2.75, 3.05) is 0 Å². The van der Waals surface area contributed by atoms with Crippen molar-refractivity contribution in [2.24, 2.45) is 0 Å². The summed E-state index contributed by atoms with van der Waals surface area (Å²) in [7, 11) is 0. The standard InChI is InChI=1S/C16H8BrF2N3O2S/c17-13-8-21-15(25-16(18,19)14(23)24)22(13)12-6-5-9(7-20)10-3-1-2-4-11(10)12/h1-6,8H,(H,23,24). The van der Waals surface area contributed by atoms with E-state index in [1.54, 1.807) is 36.4 Å². The number of carboxylic acids is 1. The first-order valence-corrected chi connectivity index (χ1v) is 8.42. The van der Waals surface area contributed by atoms with Gasteiger partial charge in [-0.1, -0.05) is 24.3 Å².